The van der Waals surface area contributed by atoms with Crippen molar-refractivity contribution in [2.24, 2.45) is 34.5 Å². The lowest BCUT2D eigenvalue weighted by Crippen LogP contribution is -2.54. The van der Waals surface area contributed by atoms with Gasteiger partial charge in [-0.15, -0.1) is 0 Å². The van der Waals surface area contributed by atoms with Crippen molar-refractivity contribution in [3.63, 3.8) is 0 Å². The number of hydrogen-bond donors (Lipinski definition) is 1. The number of halogens is 1. The number of fused-ring (bicyclic) bond motifs is 5. The maximum atomic E-state index is 13.5. The van der Waals surface area contributed by atoms with Gasteiger partial charge in [0.25, 0.3) is 0 Å². The molecule has 33 heavy (non-hydrogen) atoms. The highest BCUT2D eigenvalue weighted by Crippen LogP contribution is 2.66. The number of pyridine rings is 1. The number of anilines is 1. The first kappa shape index (κ1) is 22.9. The highest BCUT2D eigenvalue weighted by Gasteiger charge is 2.61. The fraction of sp³-hybridized carbons (Fsp3) is 0.667. The quantitative estimate of drug-likeness (QED) is 0.579. The molecule has 4 aliphatic rings. The summed E-state index contributed by atoms with van der Waals surface area (Å²) in [5.41, 5.74) is 4.14. The van der Waals surface area contributed by atoms with E-state index in [1.807, 2.05) is 18.9 Å². The molecule has 1 aliphatic heterocycles. The van der Waals surface area contributed by atoms with Gasteiger partial charge in [-0.25, -0.2) is 0 Å². The number of piperidine rings is 1. The number of hydrogen-bond acceptors (Lipinski definition) is 3. The molecule has 0 radical (unpaired) electrons. The average molecular weight is 470 g/mol. The summed E-state index contributed by atoms with van der Waals surface area (Å²) in [5.74, 6) is 2.07. The van der Waals surface area contributed by atoms with E-state index < -0.39 is 0 Å². The van der Waals surface area contributed by atoms with Gasteiger partial charge in [0.2, 0.25) is 11.8 Å². The Morgan fingerprint density at radius 3 is 2.70 bits per heavy atom. The highest BCUT2D eigenvalue weighted by atomic mass is 35.5. The molecule has 2 saturated carbocycles. The number of nitrogens with one attached hydrogen (secondary N) is 1. The zero-order valence-electron chi connectivity index (χ0n) is 20.5. The van der Waals surface area contributed by atoms with Gasteiger partial charge in [0.05, 0.1) is 16.4 Å². The van der Waals surface area contributed by atoms with E-state index in [-0.39, 0.29) is 28.6 Å². The molecule has 3 fully saturated rings. The smallest absolute Gasteiger partial charge is 0.228 e. The number of aromatic nitrogens is 1. The van der Waals surface area contributed by atoms with Crippen molar-refractivity contribution in [3.05, 3.63) is 34.2 Å². The molecule has 1 aromatic rings. The van der Waals surface area contributed by atoms with Crippen LogP contribution in [0, 0.1) is 41.4 Å². The number of amides is 2. The number of rotatable bonds is 2. The Bertz CT molecular complexity index is 1050. The third-order valence-corrected chi connectivity index (χ3v) is 10.4. The van der Waals surface area contributed by atoms with Gasteiger partial charge in [-0.05, 0) is 81.6 Å². The molecule has 0 aromatic carbocycles. The summed E-state index contributed by atoms with van der Waals surface area (Å²) in [5, 5.41) is 3.66. The molecule has 5 rings (SSSR count). The van der Waals surface area contributed by atoms with E-state index in [2.05, 4.69) is 31.1 Å². The van der Waals surface area contributed by atoms with Crippen LogP contribution in [0.5, 0.6) is 0 Å². The molecule has 2 heterocycles. The molecule has 3 aliphatic carbocycles. The summed E-state index contributed by atoms with van der Waals surface area (Å²) in [4.78, 5) is 32.1. The third-order valence-electron chi connectivity index (χ3n) is 9.95. The van der Waals surface area contributed by atoms with Crippen LogP contribution in [0.15, 0.2) is 23.5 Å². The van der Waals surface area contributed by atoms with E-state index in [0.29, 0.717) is 34.9 Å². The van der Waals surface area contributed by atoms with Crippen molar-refractivity contribution in [1.82, 2.24) is 9.88 Å². The van der Waals surface area contributed by atoms with Crippen molar-refractivity contribution >= 4 is 29.1 Å². The molecule has 6 atom stereocenters. The largest absolute Gasteiger partial charge is 0.324 e. The maximum absolute atomic E-state index is 13.5. The third kappa shape index (κ3) is 3.29. The lowest BCUT2D eigenvalue weighted by Gasteiger charge is -2.59. The van der Waals surface area contributed by atoms with Crippen LogP contribution in [0.4, 0.5) is 5.69 Å². The number of carbonyl (C=O) groups is 2. The van der Waals surface area contributed by atoms with E-state index in [1.54, 1.807) is 12.3 Å². The fourth-order valence-corrected chi connectivity index (χ4v) is 8.56. The van der Waals surface area contributed by atoms with Gasteiger partial charge in [0, 0.05) is 36.7 Å². The van der Waals surface area contributed by atoms with Crippen LogP contribution in [-0.2, 0) is 9.59 Å². The fourth-order valence-electron chi connectivity index (χ4n) is 8.40. The van der Waals surface area contributed by atoms with Crippen LogP contribution in [0.1, 0.15) is 71.4 Å². The minimum atomic E-state index is 0.00193. The standard InChI is InChI=1S/C27H36ClN3O2/c1-15-14-17-18-6-7-20(25(33)30-21-10-13-29-16(2)23(21)28)26(18,3)11-8-19(17)27(4)12-9-22(32)31(5)24(15)27/h10,13,17-20H,6-9,11-12,14H2,1-5H3,(H,29,30,33)/t17-,18-,19-,20+,26-,27+/m0/s1. The maximum Gasteiger partial charge on any atom is 0.228 e. The zero-order chi connectivity index (χ0) is 23.7. The second-order valence-electron chi connectivity index (χ2n) is 11.5. The molecule has 6 heteroatoms. The molecule has 1 saturated heterocycles. The SMILES string of the molecule is CC1=C2N(C)C(=O)CC[C@]2(C)[C@H]2CC[C@]3(C)[C@@H](C(=O)Nc4ccnc(C)c4Cl)CC[C@H]3[C@@H]2C1. The predicted molar refractivity (Wildman–Crippen MR) is 131 cm³/mol. The van der Waals surface area contributed by atoms with Gasteiger partial charge < -0.3 is 10.2 Å². The Morgan fingerprint density at radius 2 is 1.94 bits per heavy atom. The average Bonchev–Trinajstić information content (AvgIpc) is 3.12. The van der Waals surface area contributed by atoms with Gasteiger partial charge in [0.1, 0.15) is 0 Å². The normalized spacial score (nSPS) is 38.0. The van der Waals surface area contributed by atoms with E-state index in [9.17, 15) is 9.59 Å². The first-order chi connectivity index (χ1) is 15.6. The Labute approximate surface area is 202 Å². The lowest BCUT2D eigenvalue weighted by atomic mass is 9.48. The first-order valence-corrected chi connectivity index (χ1v) is 12.8. The second-order valence-corrected chi connectivity index (χ2v) is 11.9. The number of carbonyl (C=O) groups excluding carboxylic acids is 2. The number of likely N-dealkylation sites (tertiary alicyclic amines) is 1. The summed E-state index contributed by atoms with van der Waals surface area (Å²) in [6.07, 6.45) is 8.59. The number of aryl methyl sites for hydroxylation is 1. The molecule has 0 spiro atoms. The molecule has 0 unspecified atom stereocenters. The second kappa shape index (κ2) is 7.83. The molecule has 0 bridgehead atoms. The van der Waals surface area contributed by atoms with Crippen molar-refractivity contribution in [1.29, 1.82) is 0 Å². The molecular formula is C27H36ClN3O2. The van der Waals surface area contributed by atoms with Crippen LogP contribution < -0.4 is 5.32 Å². The minimum absolute atomic E-state index is 0.00193. The van der Waals surface area contributed by atoms with Gasteiger partial charge in [0.15, 0.2) is 0 Å². The number of nitrogens with zero attached hydrogens (tertiary/aromatic N) is 2. The first-order valence-electron chi connectivity index (χ1n) is 12.5. The van der Waals surface area contributed by atoms with E-state index in [0.717, 1.165) is 44.2 Å². The van der Waals surface area contributed by atoms with Gasteiger partial charge >= 0.3 is 0 Å². The molecule has 178 valence electrons. The molecule has 1 aromatic heterocycles. The molecule has 5 nitrogen and oxygen atoms in total. The van der Waals surface area contributed by atoms with E-state index in [1.165, 1.54) is 11.3 Å². The number of allylic oxidation sites excluding steroid dienone is 2. The Balaban J connectivity index is 1.42. The minimum Gasteiger partial charge on any atom is -0.324 e. The summed E-state index contributed by atoms with van der Waals surface area (Å²) in [6.45, 7) is 8.85. The molecule has 1 N–H and O–H groups in total. The van der Waals surface area contributed by atoms with Crippen molar-refractivity contribution in [3.8, 4) is 0 Å². The van der Waals surface area contributed by atoms with Crippen LogP contribution in [-0.4, -0.2) is 28.7 Å². The topological polar surface area (TPSA) is 62.3 Å². The lowest BCUT2D eigenvalue weighted by molar-refractivity contribution is -0.137. The van der Waals surface area contributed by atoms with E-state index >= 15 is 0 Å². The Morgan fingerprint density at radius 1 is 1.18 bits per heavy atom. The van der Waals surface area contributed by atoms with Crippen LogP contribution in [0.25, 0.3) is 0 Å². The van der Waals surface area contributed by atoms with Crippen LogP contribution in [0.2, 0.25) is 5.02 Å². The van der Waals surface area contributed by atoms with E-state index in [4.69, 9.17) is 11.6 Å². The predicted octanol–water partition coefficient (Wildman–Crippen LogP) is 5.98. The Kier molecular flexibility index (Phi) is 5.43. The van der Waals surface area contributed by atoms with Crippen LogP contribution >= 0.6 is 11.6 Å². The molecular weight excluding hydrogens is 434 g/mol. The van der Waals surface area contributed by atoms with Gasteiger partial charge in [-0.1, -0.05) is 31.0 Å². The zero-order valence-corrected chi connectivity index (χ0v) is 21.3. The van der Waals surface area contributed by atoms with Gasteiger partial charge in [-0.3, -0.25) is 14.6 Å². The highest BCUT2D eigenvalue weighted by molar-refractivity contribution is 6.34. The summed E-state index contributed by atoms with van der Waals surface area (Å²) in [6, 6.07) is 1.79. The monoisotopic (exact) mass is 469 g/mol. The van der Waals surface area contributed by atoms with Crippen molar-refractivity contribution < 1.29 is 9.59 Å². The van der Waals surface area contributed by atoms with Crippen LogP contribution in [0.3, 0.4) is 0 Å². The summed E-state index contributed by atoms with van der Waals surface area (Å²) in [7, 11) is 1.97. The summed E-state index contributed by atoms with van der Waals surface area (Å²) >= 11 is 6.42. The van der Waals surface area contributed by atoms with Crippen molar-refractivity contribution in [2.75, 3.05) is 12.4 Å². The van der Waals surface area contributed by atoms with Gasteiger partial charge in [-0.2, -0.15) is 0 Å². The Hall–Kier alpha value is -1.88. The summed E-state index contributed by atoms with van der Waals surface area (Å²) < 4.78 is 0. The molecule has 2 amide bonds. The van der Waals surface area contributed by atoms with Crippen molar-refractivity contribution in [2.45, 2.75) is 72.6 Å².